The Morgan fingerprint density at radius 2 is 2.00 bits per heavy atom. The predicted molar refractivity (Wildman–Crippen MR) is 66.0 cm³/mol. The van der Waals surface area contributed by atoms with Crippen LogP contribution in [0.5, 0.6) is 0 Å². The number of carboxylic acid groups (broad SMARTS) is 1. The van der Waals surface area contributed by atoms with Gasteiger partial charge in [0.1, 0.15) is 0 Å². The van der Waals surface area contributed by atoms with E-state index in [-0.39, 0.29) is 11.3 Å². The summed E-state index contributed by atoms with van der Waals surface area (Å²) in [7, 11) is 0. The summed E-state index contributed by atoms with van der Waals surface area (Å²) in [5, 5.41) is 12.8. The summed E-state index contributed by atoms with van der Waals surface area (Å²) in [6, 6.07) is 6.30. The first-order valence-electron chi connectivity index (χ1n) is 5.42. The number of H-pyrrole nitrogens is 1. The van der Waals surface area contributed by atoms with E-state index in [1.54, 1.807) is 12.1 Å². The molecule has 1 aromatic carbocycles. The van der Waals surface area contributed by atoms with Crippen molar-refractivity contribution >= 4 is 11.6 Å². The highest BCUT2D eigenvalue weighted by atomic mass is 16.4. The largest absolute Gasteiger partial charge is 0.478 e. The van der Waals surface area contributed by atoms with Crippen LogP contribution < -0.4 is 5.69 Å². The Morgan fingerprint density at radius 1 is 1.26 bits per heavy atom. The Bertz CT molecular complexity index is 817. The Hall–Kier alpha value is -2.96. The zero-order chi connectivity index (χ0) is 13.4. The minimum absolute atomic E-state index is 0.200. The SMILES string of the molecule is O=C(O)c1ccc(-c2cnn3c(=O)[nH]cnc23)cc1. The number of rotatable bonds is 2. The van der Waals surface area contributed by atoms with Gasteiger partial charge in [0.05, 0.1) is 18.1 Å². The Kier molecular flexibility index (Phi) is 2.38. The van der Waals surface area contributed by atoms with Crippen molar-refractivity contribution in [3.05, 3.63) is 52.8 Å². The molecule has 2 heterocycles. The number of nitrogens with zero attached hydrogens (tertiary/aromatic N) is 3. The van der Waals surface area contributed by atoms with E-state index in [4.69, 9.17) is 5.11 Å². The highest BCUT2D eigenvalue weighted by Gasteiger charge is 2.10. The van der Waals surface area contributed by atoms with Crippen molar-refractivity contribution in [2.75, 3.05) is 0 Å². The summed E-state index contributed by atoms with van der Waals surface area (Å²) in [6.07, 6.45) is 2.82. The van der Waals surface area contributed by atoms with Crippen LogP contribution in [0.25, 0.3) is 16.8 Å². The second-order valence-electron chi connectivity index (χ2n) is 3.88. The van der Waals surface area contributed by atoms with Gasteiger partial charge in [-0.2, -0.15) is 9.61 Å². The summed E-state index contributed by atoms with van der Waals surface area (Å²) in [6.45, 7) is 0. The summed E-state index contributed by atoms with van der Waals surface area (Å²) in [5.41, 5.74) is 1.66. The van der Waals surface area contributed by atoms with Crippen molar-refractivity contribution in [3.63, 3.8) is 0 Å². The molecule has 0 unspecified atom stereocenters. The van der Waals surface area contributed by atoms with Crippen LogP contribution in [-0.4, -0.2) is 30.7 Å². The van der Waals surface area contributed by atoms with Gasteiger partial charge in [-0.05, 0) is 17.7 Å². The third-order valence-corrected chi connectivity index (χ3v) is 2.75. The topological polar surface area (TPSA) is 100 Å². The van der Waals surface area contributed by atoms with Gasteiger partial charge >= 0.3 is 11.7 Å². The maximum absolute atomic E-state index is 11.5. The van der Waals surface area contributed by atoms with Crippen molar-refractivity contribution in [1.29, 1.82) is 0 Å². The van der Waals surface area contributed by atoms with E-state index in [1.807, 2.05) is 0 Å². The standard InChI is InChI=1S/C12H8N4O3/c17-11(18)8-3-1-7(2-4-8)9-5-15-16-10(9)13-6-14-12(16)19/h1-6H,(H,17,18)(H,13,14,19). The summed E-state index contributed by atoms with van der Waals surface area (Å²) >= 11 is 0. The van der Waals surface area contributed by atoms with Crippen LogP contribution in [0.2, 0.25) is 0 Å². The maximum atomic E-state index is 11.5. The zero-order valence-corrected chi connectivity index (χ0v) is 9.57. The Balaban J connectivity index is 2.17. The van der Waals surface area contributed by atoms with Gasteiger partial charge in [0, 0.05) is 5.56 Å². The summed E-state index contributed by atoms with van der Waals surface area (Å²) in [4.78, 5) is 28.8. The van der Waals surface area contributed by atoms with Crippen molar-refractivity contribution < 1.29 is 9.90 Å². The van der Waals surface area contributed by atoms with Gasteiger partial charge in [0.2, 0.25) is 0 Å². The molecule has 0 fully saturated rings. The fourth-order valence-corrected chi connectivity index (χ4v) is 1.82. The summed E-state index contributed by atoms with van der Waals surface area (Å²) < 4.78 is 1.15. The Labute approximate surface area is 106 Å². The molecule has 0 amide bonds. The third-order valence-electron chi connectivity index (χ3n) is 2.75. The van der Waals surface area contributed by atoms with Gasteiger partial charge in [-0.3, -0.25) is 4.98 Å². The quantitative estimate of drug-likeness (QED) is 0.705. The fourth-order valence-electron chi connectivity index (χ4n) is 1.82. The van der Waals surface area contributed by atoms with E-state index >= 15 is 0 Å². The lowest BCUT2D eigenvalue weighted by Gasteiger charge is -1.99. The molecule has 0 aliphatic carbocycles. The van der Waals surface area contributed by atoms with Gasteiger partial charge in [0.25, 0.3) is 0 Å². The maximum Gasteiger partial charge on any atom is 0.349 e. The zero-order valence-electron chi connectivity index (χ0n) is 9.57. The minimum atomic E-state index is -0.985. The second kappa shape index (κ2) is 4.05. The molecular formula is C12H8N4O3. The normalized spacial score (nSPS) is 10.7. The predicted octanol–water partition coefficient (Wildman–Crippen LogP) is 0.783. The molecule has 0 atom stereocenters. The van der Waals surface area contributed by atoms with Gasteiger partial charge in [-0.25, -0.2) is 14.6 Å². The first kappa shape index (κ1) is 11.1. The number of carboxylic acids is 1. The molecule has 3 aromatic rings. The van der Waals surface area contributed by atoms with Crippen LogP contribution in [0.1, 0.15) is 10.4 Å². The number of aromatic amines is 1. The lowest BCUT2D eigenvalue weighted by Crippen LogP contribution is -2.17. The highest BCUT2D eigenvalue weighted by Crippen LogP contribution is 2.22. The van der Waals surface area contributed by atoms with E-state index in [0.29, 0.717) is 11.2 Å². The van der Waals surface area contributed by atoms with Crippen LogP contribution in [0.3, 0.4) is 0 Å². The smallest absolute Gasteiger partial charge is 0.349 e. The van der Waals surface area contributed by atoms with E-state index < -0.39 is 5.97 Å². The van der Waals surface area contributed by atoms with Crippen molar-refractivity contribution in [3.8, 4) is 11.1 Å². The molecule has 19 heavy (non-hydrogen) atoms. The van der Waals surface area contributed by atoms with Gasteiger partial charge < -0.3 is 5.11 Å². The molecule has 0 aliphatic rings. The van der Waals surface area contributed by atoms with Gasteiger partial charge in [-0.1, -0.05) is 12.1 Å². The first-order valence-corrected chi connectivity index (χ1v) is 5.42. The number of aromatic carboxylic acids is 1. The monoisotopic (exact) mass is 256 g/mol. The molecule has 7 nitrogen and oxygen atoms in total. The molecule has 7 heteroatoms. The minimum Gasteiger partial charge on any atom is -0.478 e. The number of benzene rings is 1. The van der Waals surface area contributed by atoms with Crippen LogP contribution in [-0.2, 0) is 0 Å². The molecule has 2 aromatic heterocycles. The van der Waals surface area contributed by atoms with Crippen molar-refractivity contribution in [1.82, 2.24) is 19.6 Å². The lowest BCUT2D eigenvalue weighted by molar-refractivity contribution is 0.0697. The molecule has 0 aliphatic heterocycles. The number of fused-ring (bicyclic) bond motifs is 1. The molecule has 94 valence electrons. The molecule has 2 N–H and O–H groups in total. The van der Waals surface area contributed by atoms with Crippen molar-refractivity contribution in [2.24, 2.45) is 0 Å². The second-order valence-corrected chi connectivity index (χ2v) is 3.88. The molecule has 0 saturated heterocycles. The van der Waals surface area contributed by atoms with Crippen LogP contribution in [0.4, 0.5) is 0 Å². The van der Waals surface area contributed by atoms with Crippen LogP contribution >= 0.6 is 0 Å². The molecule has 0 spiro atoms. The molecular weight excluding hydrogens is 248 g/mol. The van der Waals surface area contributed by atoms with E-state index in [9.17, 15) is 9.59 Å². The summed E-state index contributed by atoms with van der Waals surface area (Å²) in [5.74, 6) is -0.985. The molecule has 0 bridgehead atoms. The highest BCUT2D eigenvalue weighted by molar-refractivity contribution is 5.88. The lowest BCUT2D eigenvalue weighted by atomic mass is 10.1. The number of hydrogen-bond donors (Lipinski definition) is 2. The Morgan fingerprint density at radius 3 is 2.68 bits per heavy atom. The average Bonchev–Trinajstić information content (AvgIpc) is 2.84. The van der Waals surface area contributed by atoms with Gasteiger partial charge in [0.15, 0.2) is 5.65 Å². The number of nitrogens with one attached hydrogen (secondary N) is 1. The molecule has 0 saturated carbocycles. The number of carbonyl (C=O) groups is 1. The van der Waals surface area contributed by atoms with E-state index in [0.717, 1.165) is 10.1 Å². The number of hydrogen-bond acceptors (Lipinski definition) is 4. The number of aromatic nitrogens is 4. The van der Waals surface area contributed by atoms with Gasteiger partial charge in [-0.15, -0.1) is 0 Å². The van der Waals surface area contributed by atoms with Crippen LogP contribution in [0, 0.1) is 0 Å². The molecule has 0 radical (unpaired) electrons. The average molecular weight is 256 g/mol. The van der Waals surface area contributed by atoms with E-state index in [1.165, 1.54) is 24.7 Å². The first-order chi connectivity index (χ1) is 9.16. The third kappa shape index (κ3) is 1.77. The molecule has 3 rings (SSSR count). The fraction of sp³-hybridized carbons (Fsp3) is 0. The van der Waals surface area contributed by atoms with E-state index in [2.05, 4.69) is 15.1 Å². The van der Waals surface area contributed by atoms with Crippen molar-refractivity contribution in [2.45, 2.75) is 0 Å². The van der Waals surface area contributed by atoms with Crippen LogP contribution in [0.15, 0.2) is 41.6 Å².